The quantitative estimate of drug-likeness (QED) is 0.732. The van der Waals surface area contributed by atoms with Crippen LogP contribution in [0.3, 0.4) is 0 Å². The van der Waals surface area contributed by atoms with Gasteiger partial charge in [-0.1, -0.05) is 33.2 Å². The zero-order valence-electron chi connectivity index (χ0n) is 10.6. The molecule has 3 rings (SSSR count). The van der Waals surface area contributed by atoms with Gasteiger partial charge in [-0.25, -0.2) is 8.78 Å². The van der Waals surface area contributed by atoms with Gasteiger partial charge in [0.05, 0.1) is 5.56 Å². The van der Waals surface area contributed by atoms with Crippen LogP contribution in [0.25, 0.3) is 22.4 Å². The average molecular weight is 351 g/mol. The Labute approximate surface area is 127 Å². The van der Waals surface area contributed by atoms with Gasteiger partial charge in [-0.3, -0.25) is 0 Å². The highest BCUT2D eigenvalue weighted by Crippen LogP contribution is 2.37. The van der Waals surface area contributed by atoms with E-state index in [-0.39, 0.29) is 23.0 Å². The van der Waals surface area contributed by atoms with Crippen LogP contribution < -0.4 is 5.73 Å². The Kier molecular flexibility index (Phi) is 3.47. The fourth-order valence-electron chi connectivity index (χ4n) is 2.06. The number of nitrogens with two attached hydrogens (primary N) is 1. The summed E-state index contributed by atoms with van der Waals surface area (Å²) in [6.07, 6.45) is 0. The van der Waals surface area contributed by atoms with Crippen LogP contribution in [0, 0.1) is 11.6 Å². The molecule has 0 bridgehead atoms. The second-order valence-corrected chi connectivity index (χ2v) is 5.32. The highest BCUT2D eigenvalue weighted by molar-refractivity contribution is 9.10. The van der Waals surface area contributed by atoms with Crippen LogP contribution in [0.2, 0.25) is 0 Å². The van der Waals surface area contributed by atoms with E-state index in [1.807, 2.05) is 0 Å². The van der Waals surface area contributed by atoms with E-state index in [1.165, 1.54) is 18.2 Å². The maximum Gasteiger partial charge on any atom is 0.230 e. The zero-order valence-corrected chi connectivity index (χ0v) is 12.2. The van der Waals surface area contributed by atoms with Crippen molar-refractivity contribution in [2.24, 2.45) is 0 Å². The molecule has 1 aromatic heterocycles. The van der Waals surface area contributed by atoms with Crippen molar-refractivity contribution >= 4 is 21.8 Å². The summed E-state index contributed by atoms with van der Waals surface area (Å²) >= 11 is 3.20. The number of nitrogen functional groups attached to an aromatic ring is 1. The summed E-state index contributed by atoms with van der Waals surface area (Å²) in [6, 6.07) is 10.3. The van der Waals surface area contributed by atoms with E-state index < -0.39 is 5.82 Å². The molecule has 3 nitrogen and oxygen atoms in total. The number of aromatic nitrogens is 1. The van der Waals surface area contributed by atoms with Crippen molar-refractivity contribution in [3.05, 3.63) is 58.6 Å². The molecule has 1 heterocycles. The van der Waals surface area contributed by atoms with Crippen LogP contribution in [0.5, 0.6) is 0 Å². The fourth-order valence-corrected chi connectivity index (χ4v) is 2.40. The minimum atomic E-state index is -0.457. The highest BCUT2D eigenvalue weighted by Gasteiger charge is 2.20. The summed E-state index contributed by atoms with van der Waals surface area (Å²) in [5.74, 6) is -0.773. The molecule has 0 radical (unpaired) electrons. The second kappa shape index (κ2) is 5.29. The average Bonchev–Trinajstić information content (AvgIpc) is 2.82. The number of hydrogen-bond donors (Lipinski definition) is 1. The lowest BCUT2D eigenvalue weighted by atomic mass is 10.0. The maximum absolute atomic E-state index is 14.1. The normalized spacial score (nSPS) is 10.8. The molecule has 0 aliphatic carbocycles. The van der Waals surface area contributed by atoms with E-state index in [0.29, 0.717) is 15.6 Å². The van der Waals surface area contributed by atoms with E-state index in [0.717, 1.165) is 0 Å². The van der Waals surface area contributed by atoms with E-state index in [4.69, 9.17) is 10.3 Å². The molecule has 6 heteroatoms. The van der Waals surface area contributed by atoms with E-state index in [9.17, 15) is 8.78 Å². The number of hydrogen-bond acceptors (Lipinski definition) is 3. The Bertz CT molecular complexity index is 800. The molecule has 0 unspecified atom stereocenters. The van der Waals surface area contributed by atoms with Gasteiger partial charge in [0, 0.05) is 10.0 Å². The third-order valence-corrected chi connectivity index (χ3v) is 3.53. The monoisotopic (exact) mass is 350 g/mol. The van der Waals surface area contributed by atoms with Gasteiger partial charge in [0.25, 0.3) is 0 Å². The molecule has 0 amide bonds. The SMILES string of the molecule is Nc1onc(-c2ccc(Br)cc2F)c1-c1ccc(F)cc1. The largest absolute Gasteiger partial charge is 0.367 e. The van der Waals surface area contributed by atoms with Crippen molar-refractivity contribution in [3.8, 4) is 22.4 Å². The predicted octanol–water partition coefficient (Wildman–Crippen LogP) is 4.63. The number of benzene rings is 2. The van der Waals surface area contributed by atoms with E-state index >= 15 is 0 Å². The Balaban J connectivity index is 2.19. The minimum Gasteiger partial charge on any atom is -0.367 e. The first-order chi connectivity index (χ1) is 10.1. The van der Waals surface area contributed by atoms with Crippen molar-refractivity contribution in [1.82, 2.24) is 5.16 Å². The van der Waals surface area contributed by atoms with Crippen molar-refractivity contribution in [3.63, 3.8) is 0 Å². The molecule has 2 aromatic carbocycles. The summed E-state index contributed by atoms with van der Waals surface area (Å²) in [4.78, 5) is 0. The van der Waals surface area contributed by atoms with Crippen molar-refractivity contribution < 1.29 is 13.3 Å². The second-order valence-electron chi connectivity index (χ2n) is 4.40. The molecule has 0 aliphatic heterocycles. The molecule has 0 aliphatic rings. The van der Waals surface area contributed by atoms with Crippen LogP contribution >= 0.6 is 15.9 Å². The number of anilines is 1. The van der Waals surface area contributed by atoms with Crippen molar-refractivity contribution in [2.45, 2.75) is 0 Å². The summed E-state index contributed by atoms with van der Waals surface area (Å²) in [6.45, 7) is 0. The highest BCUT2D eigenvalue weighted by atomic mass is 79.9. The molecule has 0 atom stereocenters. The summed E-state index contributed by atoms with van der Waals surface area (Å²) in [5, 5.41) is 3.83. The van der Waals surface area contributed by atoms with Gasteiger partial charge in [0.1, 0.15) is 17.3 Å². The first-order valence-electron chi connectivity index (χ1n) is 6.03. The topological polar surface area (TPSA) is 52.0 Å². The third-order valence-electron chi connectivity index (χ3n) is 3.04. The molecule has 0 saturated carbocycles. The van der Waals surface area contributed by atoms with Crippen LogP contribution in [0.4, 0.5) is 14.7 Å². The van der Waals surface area contributed by atoms with Crippen LogP contribution in [0.15, 0.2) is 51.5 Å². The molecule has 0 saturated heterocycles. The van der Waals surface area contributed by atoms with Gasteiger partial charge in [-0.15, -0.1) is 0 Å². The summed E-state index contributed by atoms with van der Waals surface area (Å²) < 4.78 is 32.7. The smallest absolute Gasteiger partial charge is 0.230 e. The third kappa shape index (κ3) is 2.54. The first-order valence-corrected chi connectivity index (χ1v) is 6.82. The summed E-state index contributed by atoms with van der Waals surface area (Å²) in [7, 11) is 0. The van der Waals surface area contributed by atoms with Gasteiger partial charge in [0.2, 0.25) is 5.88 Å². The Morgan fingerprint density at radius 2 is 1.76 bits per heavy atom. The number of rotatable bonds is 2. The number of nitrogens with zero attached hydrogens (tertiary/aromatic N) is 1. The van der Waals surface area contributed by atoms with Gasteiger partial charge in [0.15, 0.2) is 0 Å². The first kappa shape index (κ1) is 13.8. The predicted molar refractivity (Wildman–Crippen MR) is 79.4 cm³/mol. The molecule has 2 N–H and O–H groups in total. The Morgan fingerprint density at radius 1 is 1.05 bits per heavy atom. The van der Waals surface area contributed by atoms with E-state index in [2.05, 4.69) is 21.1 Å². The maximum atomic E-state index is 14.1. The Morgan fingerprint density at radius 3 is 2.43 bits per heavy atom. The molecule has 0 spiro atoms. The van der Waals surface area contributed by atoms with Gasteiger partial charge in [-0.05, 0) is 35.9 Å². The molecule has 106 valence electrons. The lowest BCUT2D eigenvalue weighted by Crippen LogP contribution is -1.90. The van der Waals surface area contributed by atoms with E-state index in [1.54, 1.807) is 24.3 Å². The molecule has 0 fully saturated rings. The number of halogens is 3. The van der Waals surface area contributed by atoms with Gasteiger partial charge < -0.3 is 10.3 Å². The van der Waals surface area contributed by atoms with Crippen molar-refractivity contribution in [1.29, 1.82) is 0 Å². The summed E-state index contributed by atoms with van der Waals surface area (Å²) in [5.41, 5.74) is 7.36. The standard InChI is InChI=1S/C15H9BrF2N2O/c16-9-3-6-11(12(18)7-9)14-13(15(19)21-20-14)8-1-4-10(17)5-2-8/h1-7H,19H2. The molecular weight excluding hydrogens is 342 g/mol. The van der Waals surface area contributed by atoms with Gasteiger partial charge in [-0.2, -0.15) is 0 Å². The lowest BCUT2D eigenvalue weighted by molar-refractivity contribution is 0.439. The van der Waals surface area contributed by atoms with Crippen LogP contribution in [0.1, 0.15) is 0 Å². The van der Waals surface area contributed by atoms with Crippen LogP contribution in [-0.2, 0) is 0 Å². The molecular formula is C15H9BrF2N2O. The lowest BCUT2D eigenvalue weighted by Gasteiger charge is -2.04. The molecule has 21 heavy (non-hydrogen) atoms. The molecule has 3 aromatic rings. The minimum absolute atomic E-state index is 0.0546. The fraction of sp³-hybridized carbons (Fsp3) is 0. The Hall–Kier alpha value is -2.21. The van der Waals surface area contributed by atoms with Crippen LogP contribution in [-0.4, -0.2) is 5.16 Å². The van der Waals surface area contributed by atoms with Crippen molar-refractivity contribution in [2.75, 3.05) is 5.73 Å². The zero-order chi connectivity index (χ0) is 15.0. The van der Waals surface area contributed by atoms with Gasteiger partial charge >= 0.3 is 0 Å².